The van der Waals surface area contributed by atoms with Crippen LogP contribution in [0.4, 0.5) is 13.2 Å². The standard InChI is InChI=1S/C20H22ClF3N2OS/c1-19(2)17(11-5-7-26(19)8-6-11)25-18(27)15-9-12-3-4-14(21)13(16(12)28-15)10-20(22,23)24/h3-4,9,11,17H,5-8,10H2,1-2H3,(H,25,27)/t17-/m1/s1. The van der Waals surface area contributed by atoms with Crippen molar-refractivity contribution in [2.75, 3.05) is 13.1 Å². The molecule has 1 aromatic heterocycles. The molecule has 5 rings (SSSR count). The van der Waals surface area contributed by atoms with Crippen molar-refractivity contribution < 1.29 is 18.0 Å². The second-order valence-corrected chi connectivity index (χ2v) is 9.74. The van der Waals surface area contributed by atoms with Crippen LogP contribution in [0.1, 0.15) is 41.9 Å². The maximum absolute atomic E-state index is 13.0. The third-order valence-electron chi connectivity index (χ3n) is 6.21. The van der Waals surface area contributed by atoms with Crippen molar-refractivity contribution >= 4 is 38.9 Å². The molecule has 0 unspecified atom stereocenters. The summed E-state index contributed by atoms with van der Waals surface area (Å²) in [5, 5.41) is 3.87. The molecular formula is C20H22ClF3N2OS. The normalized spacial score (nSPS) is 26.6. The van der Waals surface area contributed by atoms with Gasteiger partial charge >= 0.3 is 6.18 Å². The molecule has 4 heterocycles. The molecule has 0 aliphatic carbocycles. The number of halogens is 4. The zero-order valence-electron chi connectivity index (χ0n) is 15.7. The molecule has 1 aromatic carbocycles. The highest BCUT2D eigenvalue weighted by molar-refractivity contribution is 7.21. The molecule has 0 radical (unpaired) electrons. The fourth-order valence-corrected chi connectivity index (χ4v) is 6.09. The number of nitrogens with one attached hydrogen (secondary N) is 1. The van der Waals surface area contributed by atoms with Gasteiger partial charge in [-0.1, -0.05) is 17.7 Å². The molecule has 1 atom stereocenters. The number of benzene rings is 1. The molecule has 0 saturated carbocycles. The first-order valence-electron chi connectivity index (χ1n) is 9.40. The summed E-state index contributed by atoms with van der Waals surface area (Å²) >= 11 is 7.12. The maximum atomic E-state index is 13.0. The molecule has 3 fully saturated rings. The zero-order valence-corrected chi connectivity index (χ0v) is 17.3. The number of nitrogens with zero attached hydrogens (tertiary/aromatic N) is 1. The first-order valence-corrected chi connectivity index (χ1v) is 10.6. The molecule has 152 valence electrons. The number of carbonyl (C=O) groups is 1. The molecule has 2 bridgehead atoms. The Hall–Kier alpha value is -1.31. The van der Waals surface area contributed by atoms with E-state index in [1.807, 2.05) is 0 Å². The summed E-state index contributed by atoms with van der Waals surface area (Å²) in [5.74, 6) is 0.218. The Balaban J connectivity index is 1.63. The smallest absolute Gasteiger partial charge is 0.346 e. The molecule has 28 heavy (non-hydrogen) atoms. The highest BCUT2D eigenvalue weighted by Gasteiger charge is 2.48. The molecule has 3 nitrogen and oxygen atoms in total. The molecule has 8 heteroatoms. The molecular weight excluding hydrogens is 409 g/mol. The van der Waals surface area contributed by atoms with Crippen LogP contribution in [0, 0.1) is 5.92 Å². The van der Waals surface area contributed by atoms with Gasteiger partial charge in [-0.15, -0.1) is 11.3 Å². The Kier molecular flexibility index (Phi) is 4.91. The van der Waals surface area contributed by atoms with Gasteiger partial charge in [-0.2, -0.15) is 13.2 Å². The molecule has 1 N–H and O–H groups in total. The minimum absolute atomic E-state index is 0.0333. The lowest BCUT2D eigenvalue weighted by Crippen LogP contribution is -2.69. The van der Waals surface area contributed by atoms with E-state index in [-0.39, 0.29) is 28.1 Å². The molecule has 1 amide bonds. The van der Waals surface area contributed by atoms with Crippen LogP contribution < -0.4 is 5.32 Å². The van der Waals surface area contributed by atoms with E-state index in [2.05, 4.69) is 24.1 Å². The van der Waals surface area contributed by atoms with Gasteiger partial charge in [0.25, 0.3) is 5.91 Å². The lowest BCUT2D eigenvalue weighted by atomic mass is 9.72. The molecule has 0 spiro atoms. The van der Waals surface area contributed by atoms with Gasteiger partial charge in [0.05, 0.1) is 11.3 Å². The van der Waals surface area contributed by atoms with Gasteiger partial charge in [-0.05, 0) is 68.8 Å². The largest absolute Gasteiger partial charge is 0.393 e. The van der Waals surface area contributed by atoms with E-state index in [1.54, 1.807) is 12.1 Å². The Bertz CT molecular complexity index is 916. The van der Waals surface area contributed by atoms with Crippen molar-refractivity contribution in [1.29, 1.82) is 0 Å². The van der Waals surface area contributed by atoms with Gasteiger partial charge in [0.2, 0.25) is 0 Å². The second kappa shape index (κ2) is 6.89. The van der Waals surface area contributed by atoms with Gasteiger partial charge in [0.15, 0.2) is 0 Å². The van der Waals surface area contributed by atoms with Crippen molar-refractivity contribution in [2.24, 2.45) is 5.92 Å². The summed E-state index contributed by atoms with van der Waals surface area (Å²) < 4.78 is 39.3. The van der Waals surface area contributed by atoms with Crippen LogP contribution >= 0.6 is 22.9 Å². The topological polar surface area (TPSA) is 32.3 Å². The zero-order chi connectivity index (χ0) is 20.3. The highest BCUT2D eigenvalue weighted by atomic mass is 35.5. The lowest BCUT2D eigenvalue weighted by Gasteiger charge is -2.56. The average Bonchev–Trinajstić information content (AvgIpc) is 3.05. The quantitative estimate of drug-likeness (QED) is 0.720. The van der Waals surface area contributed by atoms with Crippen LogP contribution in [-0.2, 0) is 6.42 Å². The minimum atomic E-state index is -4.36. The van der Waals surface area contributed by atoms with Crippen LogP contribution in [-0.4, -0.2) is 41.7 Å². The summed E-state index contributed by atoms with van der Waals surface area (Å²) in [6, 6.07) is 4.84. The van der Waals surface area contributed by atoms with Crippen LogP contribution in [0.3, 0.4) is 0 Å². The Labute approximate surface area is 170 Å². The van der Waals surface area contributed by atoms with E-state index in [9.17, 15) is 18.0 Å². The fraction of sp³-hybridized carbons (Fsp3) is 0.550. The van der Waals surface area contributed by atoms with Crippen molar-refractivity contribution in [3.8, 4) is 0 Å². The summed E-state index contributed by atoms with van der Waals surface area (Å²) in [5.41, 5.74) is -0.0861. The molecule has 3 aliphatic heterocycles. The third kappa shape index (κ3) is 3.53. The number of piperidine rings is 3. The van der Waals surface area contributed by atoms with E-state index >= 15 is 0 Å². The number of alkyl halides is 3. The Morgan fingerprint density at radius 2 is 2.00 bits per heavy atom. The van der Waals surface area contributed by atoms with Crippen LogP contribution in [0.15, 0.2) is 18.2 Å². The summed E-state index contributed by atoms with van der Waals surface area (Å²) in [6.07, 6.45) is -3.33. The van der Waals surface area contributed by atoms with E-state index in [0.717, 1.165) is 37.3 Å². The maximum Gasteiger partial charge on any atom is 0.393 e. The van der Waals surface area contributed by atoms with E-state index < -0.39 is 12.6 Å². The lowest BCUT2D eigenvalue weighted by molar-refractivity contribution is -0.126. The number of thiophene rings is 1. The van der Waals surface area contributed by atoms with Gasteiger partial charge < -0.3 is 5.32 Å². The summed E-state index contributed by atoms with van der Waals surface area (Å²) in [7, 11) is 0. The number of carbonyl (C=O) groups excluding carboxylic acids is 1. The number of fused-ring (bicyclic) bond motifs is 4. The van der Waals surface area contributed by atoms with E-state index in [4.69, 9.17) is 11.6 Å². The van der Waals surface area contributed by atoms with Crippen molar-refractivity contribution in [2.45, 2.75) is 50.9 Å². The third-order valence-corrected chi connectivity index (χ3v) is 7.77. The summed E-state index contributed by atoms with van der Waals surface area (Å²) in [4.78, 5) is 15.8. The monoisotopic (exact) mass is 430 g/mol. The van der Waals surface area contributed by atoms with E-state index in [1.165, 1.54) is 6.07 Å². The van der Waals surface area contributed by atoms with Crippen LogP contribution in [0.25, 0.3) is 10.1 Å². The number of rotatable bonds is 3. The second-order valence-electron chi connectivity index (χ2n) is 8.28. The number of hydrogen-bond acceptors (Lipinski definition) is 3. The minimum Gasteiger partial charge on any atom is -0.346 e. The molecule has 2 aromatic rings. The van der Waals surface area contributed by atoms with Gasteiger partial charge in [0.1, 0.15) is 0 Å². The van der Waals surface area contributed by atoms with Gasteiger partial charge in [0, 0.05) is 21.3 Å². The Morgan fingerprint density at radius 1 is 1.32 bits per heavy atom. The number of hydrogen-bond donors (Lipinski definition) is 1. The predicted octanol–water partition coefficient (Wildman–Crippen LogP) is 5.26. The molecule has 3 saturated heterocycles. The van der Waals surface area contributed by atoms with E-state index in [0.29, 0.717) is 20.9 Å². The summed E-state index contributed by atoms with van der Waals surface area (Å²) in [6.45, 7) is 6.39. The van der Waals surface area contributed by atoms with Crippen molar-refractivity contribution in [3.05, 3.63) is 33.7 Å². The molecule has 3 aliphatic rings. The van der Waals surface area contributed by atoms with Gasteiger partial charge in [-0.25, -0.2) is 0 Å². The van der Waals surface area contributed by atoms with Crippen LogP contribution in [0.2, 0.25) is 5.02 Å². The predicted molar refractivity (Wildman–Crippen MR) is 106 cm³/mol. The SMILES string of the molecule is CC1(C)[C@H](NC(=O)c2cc3ccc(Cl)c(CC(F)(F)F)c3s2)C2CCN1CC2. The number of amides is 1. The average molecular weight is 431 g/mol. The Morgan fingerprint density at radius 3 is 2.61 bits per heavy atom. The van der Waals surface area contributed by atoms with Crippen molar-refractivity contribution in [3.63, 3.8) is 0 Å². The van der Waals surface area contributed by atoms with Crippen molar-refractivity contribution in [1.82, 2.24) is 10.2 Å². The first kappa shape index (κ1) is 20.0. The fourth-order valence-electron chi connectivity index (χ4n) is 4.70. The highest BCUT2D eigenvalue weighted by Crippen LogP contribution is 2.40. The van der Waals surface area contributed by atoms with Gasteiger partial charge in [-0.3, -0.25) is 9.69 Å². The van der Waals surface area contributed by atoms with Crippen LogP contribution in [0.5, 0.6) is 0 Å². The first-order chi connectivity index (χ1) is 13.1.